The molecule has 0 radical (unpaired) electrons. The summed E-state index contributed by atoms with van der Waals surface area (Å²) in [6.45, 7) is 4.52. The first-order valence-corrected chi connectivity index (χ1v) is 11.4. The summed E-state index contributed by atoms with van der Waals surface area (Å²) in [6.07, 6.45) is 5.86. The lowest BCUT2D eigenvalue weighted by Crippen LogP contribution is -2.53. The lowest BCUT2D eigenvalue weighted by molar-refractivity contribution is -0.234. The number of carbonyl (C=O) groups is 2. The van der Waals surface area contributed by atoms with Gasteiger partial charge in [-0.3, -0.25) is 9.59 Å². The number of carbonyl (C=O) groups excluding carboxylic acids is 1. The van der Waals surface area contributed by atoms with Crippen LogP contribution in [-0.4, -0.2) is 57.4 Å². The highest BCUT2D eigenvalue weighted by molar-refractivity contribution is 5.74. The minimum Gasteiger partial charge on any atom is -0.480 e. The fraction of sp³-hybridized carbons (Fsp3) is 0.696. The number of aliphatic hydroxyl groups excluding tert-OH is 1. The van der Waals surface area contributed by atoms with Crippen molar-refractivity contribution in [3.8, 4) is 0 Å². The number of aliphatic carboxylic acids is 1. The maximum atomic E-state index is 12.2. The molecule has 1 aliphatic heterocycles. The third-order valence-electron chi connectivity index (χ3n) is 6.11. The van der Waals surface area contributed by atoms with Crippen molar-refractivity contribution in [2.45, 2.75) is 77.3 Å². The molecular weight excluding hydrogens is 398 g/mol. The van der Waals surface area contributed by atoms with Crippen molar-refractivity contribution in [3.63, 3.8) is 0 Å². The van der Waals surface area contributed by atoms with Crippen molar-refractivity contribution in [1.29, 1.82) is 0 Å². The number of aryl methyl sites for hydroxylation is 2. The third kappa shape index (κ3) is 6.40. The van der Waals surface area contributed by atoms with Crippen LogP contribution in [0.15, 0.2) is 12.1 Å². The first-order valence-electron chi connectivity index (χ1n) is 11.4. The van der Waals surface area contributed by atoms with Gasteiger partial charge in [0.15, 0.2) is 0 Å². The van der Waals surface area contributed by atoms with Crippen molar-refractivity contribution in [2.75, 3.05) is 18.5 Å². The van der Waals surface area contributed by atoms with Gasteiger partial charge in [-0.2, -0.15) is 0 Å². The van der Waals surface area contributed by atoms with Gasteiger partial charge in [-0.05, 0) is 68.4 Å². The molecule has 0 bridgehead atoms. The standard InChI is InChI=1S/C23H35N3O5/c1-15(2)12-21(28)31-26(20(9-11-27)23(29)30)19-13-16(14-19)5-7-18-8-6-17-4-3-10-24-22(17)25-18/h6,8,15-16,19-20,27H,3-5,7,9-14H2,1-2H3,(H,24,25)(H,29,30)/t16?,19?,20-/m0/s1. The molecule has 1 aromatic heterocycles. The maximum Gasteiger partial charge on any atom is 0.325 e. The van der Waals surface area contributed by atoms with Crippen LogP contribution in [-0.2, 0) is 27.3 Å². The van der Waals surface area contributed by atoms with E-state index in [1.807, 2.05) is 13.8 Å². The topological polar surface area (TPSA) is 112 Å². The van der Waals surface area contributed by atoms with Gasteiger partial charge in [-0.25, -0.2) is 4.98 Å². The Morgan fingerprint density at radius 3 is 2.77 bits per heavy atom. The summed E-state index contributed by atoms with van der Waals surface area (Å²) < 4.78 is 0. The van der Waals surface area contributed by atoms with Crippen LogP contribution in [0.2, 0.25) is 0 Å². The smallest absolute Gasteiger partial charge is 0.325 e. The van der Waals surface area contributed by atoms with E-state index >= 15 is 0 Å². The fourth-order valence-corrected chi connectivity index (χ4v) is 4.37. The number of fused-ring (bicyclic) bond motifs is 1. The molecule has 8 heteroatoms. The van der Waals surface area contributed by atoms with Gasteiger partial charge in [0.05, 0.1) is 0 Å². The van der Waals surface area contributed by atoms with Crippen LogP contribution in [0.25, 0.3) is 0 Å². The van der Waals surface area contributed by atoms with Gasteiger partial charge in [0.1, 0.15) is 11.9 Å². The van der Waals surface area contributed by atoms with Crippen LogP contribution in [0.3, 0.4) is 0 Å². The van der Waals surface area contributed by atoms with Crippen molar-refractivity contribution in [2.24, 2.45) is 11.8 Å². The van der Waals surface area contributed by atoms with E-state index in [1.165, 1.54) is 10.6 Å². The molecule has 31 heavy (non-hydrogen) atoms. The van der Waals surface area contributed by atoms with Gasteiger partial charge in [0.2, 0.25) is 0 Å². The second kappa shape index (κ2) is 10.9. The Balaban J connectivity index is 1.55. The molecule has 3 N–H and O–H groups in total. The molecule has 0 spiro atoms. The zero-order valence-corrected chi connectivity index (χ0v) is 18.5. The summed E-state index contributed by atoms with van der Waals surface area (Å²) in [7, 11) is 0. The summed E-state index contributed by atoms with van der Waals surface area (Å²) in [5.74, 6) is 0.0645. The molecule has 0 unspecified atom stereocenters. The predicted molar refractivity (Wildman–Crippen MR) is 116 cm³/mol. The number of nitrogens with one attached hydrogen (secondary N) is 1. The molecule has 1 aromatic rings. The number of aliphatic hydroxyl groups is 1. The van der Waals surface area contributed by atoms with Gasteiger partial charge >= 0.3 is 11.9 Å². The average Bonchev–Trinajstić information content (AvgIpc) is 2.69. The predicted octanol–water partition coefficient (Wildman–Crippen LogP) is 2.79. The van der Waals surface area contributed by atoms with E-state index in [0.29, 0.717) is 5.92 Å². The lowest BCUT2D eigenvalue weighted by Gasteiger charge is -2.43. The molecule has 0 saturated heterocycles. The molecule has 1 atom stereocenters. The van der Waals surface area contributed by atoms with Crippen LogP contribution in [0.1, 0.15) is 63.6 Å². The Hall–Kier alpha value is -2.19. The van der Waals surface area contributed by atoms with E-state index in [4.69, 9.17) is 9.82 Å². The number of hydrogen-bond acceptors (Lipinski definition) is 7. The number of hydrogen-bond donors (Lipinski definition) is 3. The fourth-order valence-electron chi connectivity index (χ4n) is 4.37. The van der Waals surface area contributed by atoms with E-state index in [9.17, 15) is 19.8 Å². The van der Waals surface area contributed by atoms with Crippen molar-refractivity contribution < 1.29 is 24.6 Å². The number of anilines is 1. The average molecular weight is 434 g/mol. The third-order valence-corrected chi connectivity index (χ3v) is 6.11. The van der Waals surface area contributed by atoms with Crippen molar-refractivity contribution in [1.82, 2.24) is 10.0 Å². The van der Waals surface area contributed by atoms with Gasteiger partial charge in [-0.15, -0.1) is 5.06 Å². The number of hydroxylamine groups is 2. The lowest BCUT2D eigenvalue weighted by atomic mass is 9.76. The molecule has 0 amide bonds. The molecule has 172 valence electrons. The minimum atomic E-state index is -1.08. The normalized spacial score (nSPS) is 21.2. The Kier molecular flexibility index (Phi) is 8.26. The Morgan fingerprint density at radius 1 is 1.32 bits per heavy atom. The number of carboxylic acid groups (broad SMARTS) is 1. The van der Waals surface area contributed by atoms with E-state index in [-0.39, 0.29) is 31.4 Å². The Labute approximate surface area is 183 Å². The Bertz CT molecular complexity index is 764. The molecule has 8 nitrogen and oxygen atoms in total. The molecular formula is C23H35N3O5. The second-order valence-electron chi connectivity index (χ2n) is 9.16. The molecule has 3 rings (SSSR count). The largest absolute Gasteiger partial charge is 0.480 e. The number of aromatic nitrogens is 1. The van der Waals surface area contributed by atoms with Crippen molar-refractivity contribution >= 4 is 17.8 Å². The van der Waals surface area contributed by atoms with Gasteiger partial charge in [0, 0.05) is 31.3 Å². The first-order chi connectivity index (χ1) is 14.9. The molecule has 1 fully saturated rings. The summed E-state index contributed by atoms with van der Waals surface area (Å²) in [5.41, 5.74) is 2.35. The minimum absolute atomic E-state index is 0.0253. The summed E-state index contributed by atoms with van der Waals surface area (Å²) in [5, 5.41) is 23.6. The SMILES string of the molecule is CC(C)CC(=O)ON(C1CC(CCc2ccc3c(n2)NCCC3)C1)[C@@H](CCO)C(=O)O. The van der Waals surface area contributed by atoms with Crippen LogP contribution in [0.4, 0.5) is 5.82 Å². The van der Waals surface area contributed by atoms with Crippen LogP contribution in [0, 0.1) is 11.8 Å². The highest BCUT2D eigenvalue weighted by atomic mass is 16.7. The zero-order chi connectivity index (χ0) is 22.4. The van der Waals surface area contributed by atoms with E-state index in [2.05, 4.69) is 17.4 Å². The summed E-state index contributed by atoms with van der Waals surface area (Å²) >= 11 is 0. The van der Waals surface area contributed by atoms with E-state index in [0.717, 1.165) is 56.6 Å². The van der Waals surface area contributed by atoms with Crippen LogP contribution < -0.4 is 5.32 Å². The maximum absolute atomic E-state index is 12.2. The van der Waals surface area contributed by atoms with Crippen LogP contribution >= 0.6 is 0 Å². The number of carboxylic acids is 1. The molecule has 2 aliphatic rings. The first kappa shape index (κ1) is 23.5. The zero-order valence-electron chi connectivity index (χ0n) is 18.5. The molecule has 1 saturated carbocycles. The van der Waals surface area contributed by atoms with Gasteiger partial charge in [-0.1, -0.05) is 19.9 Å². The molecule has 1 aliphatic carbocycles. The second-order valence-corrected chi connectivity index (χ2v) is 9.16. The molecule has 2 heterocycles. The number of nitrogens with zero attached hydrogens (tertiary/aromatic N) is 2. The quantitative estimate of drug-likeness (QED) is 0.457. The van der Waals surface area contributed by atoms with Crippen LogP contribution in [0.5, 0.6) is 0 Å². The number of pyridine rings is 1. The highest BCUT2D eigenvalue weighted by Gasteiger charge is 2.41. The monoisotopic (exact) mass is 433 g/mol. The van der Waals surface area contributed by atoms with E-state index < -0.39 is 18.0 Å². The summed E-state index contributed by atoms with van der Waals surface area (Å²) in [4.78, 5) is 34.2. The van der Waals surface area contributed by atoms with Crippen molar-refractivity contribution in [3.05, 3.63) is 23.4 Å². The summed E-state index contributed by atoms with van der Waals surface area (Å²) in [6, 6.07) is 3.10. The van der Waals surface area contributed by atoms with Gasteiger partial charge < -0.3 is 20.4 Å². The highest BCUT2D eigenvalue weighted by Crippen LogP contribution is 2.37. The number of rotatable bonds is 11. The van der Waals surface area contributed by atoms with E-state index in [1.54, 1.807) is 0 Å². The van der Waals surface area contributed by atoms with Gasteiger partial charge in [0.25, 0.3) is 0 Å². The Morgan fingerprint density at radius 2 is 2.10 bits per heavy atom. The molecule has 0 aromatic carbocycles.